The molecule has 1 atom stereocenters. The maximum Gasteiger partial charge on any atom is 0.237 e. The molecule has 0 aliphatic carbocycles. The summed E-state index contributed by atoms with van der Waals surface area (Å²) in [5.41, 5.74) is 1.14. The zero-order valence-corrected chi connectivity index (χ0v) is 17.8. The quantitative estimate of drug-likeness (QED) is 0.399. The van der Waals surface area contributed by atoms with E-state index in [9.17, 15) is 4.79 Å². The van der Waals surface area contributed by atoms with Crippen molar-refractivity contribution in [2.24, 2.45) is 0 Å². The Hall–Kier alpha value is -3.03. The summed E-state index contributed by atoms with van der Waals surface area (Å²) in [5.74, 6) is 6.95. The highest BCUT2D eigenvalue weighted by Crippen LogP contribution is 2.23. The molecule has 3 aromatic rings. The molecule has 148 valence electrons. The van der Waals surface area contributed by atoms with E-state index in [0.29, 0.717) is 28.0 Å². The van der Waals surface area contributed by atoms with E-state index in [1.807, 2.05) is 30.3 Å². The lowest BCUT2D eigenvalue weighted by Gasteiger charge is -2.11. The fraction of sp³-hybridized carbons (Fsp3) is 0.158. The molecule has 8 nitrogen and oxygen atoms in total. The van der Waals surface area contributed by atoms with Crippen molar-refractivity contribution in [1.29, 1.82) is 5.26 Å². The predicted octanol–water partition coefficient (Wildman–Crippen LogP) is 3.32. The van der Waals surface area contributed by atoms with E-state index < -0.39 is 5.25 Å². The first-order valence-electron chi connectivity index (χ1n) is 8.51. The molecule has 3 rings (SSSR count). The fourth-order valence-electron chi connectivity index (χ4n) is 2.27. The number of aromatic nitrogens is 3. The minimum absolute atomic E-state index is 0.145. The van der Waals surface area contributed by atoms with Crippen molar-refractivity contribution in [3.63, 3.8) is 0 Å². The molecule has 1 amide bonds. The number of carbonyl (C=O) groups excluding carboxylic acids is 1. The Balaban J connectivity index is 1.58. The summed E-state index contributed by atoms with van der Waals surface area (Å²) in [7, 11) is 0. The van der Waals surface area contributed by atoms with E-state index in [1.54, 1.807) is 31.2 Å². The number of nitrogens with two attached hydrogens (primary N) is 1. The fourth-order valence-corrected chi connectivity index (χ4v) is 3.44. The van der Waals surface area contributed by atoms with Crippen LogP contribution in [0.5, 0.6) is 5.75 Å². The first kappa shape index (κ1) is 20.7. The molecular weight excluding hydrogens is 456 g/mol. The Morgan fingerprint density at radius 1 is 1.34 bits per heavy atom. The summed E-state index contributed by atoms with van der Waals surface area (Å²) < 4.78 is 7.89. The number of nitriles is 1. The Kier molecular flexibility index (Phi) is 6.74. The minimum Gasteiger partial charge on any atom is -0.485 e. The van der Waals surface area contributed by atoms with Crippen molar-refractivity contribution in [1.82, 2.24) is 14.9 Å². The lowest BCUT2D eigenvalue weighted by atomic mass is 10.2. The number of thioether (sulfide) groups is 1. The van der Waals surface area contributed by atoms with Gasteiger partial charge in [-0.3, -0.25) is 4.79 Å². The number of carbonyl (C=O) groups is 1. The number of nitrogens with zero attached hydrogens (tertiary/aromatic N) is 4. The highest BCUT2D eigenvalue weighted by atomic mass is 79.9. The van der Waals surface area contributed by atoms with Gasteiger partial charge in [0, 0.05) is 10.2 Å². The normalized spacial score (nSPS) is 11.5. The average molecular weight is 473 g/mol. The third kappa shape index (κ3) is 5.49. The van der Waals surface area contributed by atoms with Crippen molar-refractivity contribution < 1.29 is 9.53 Å². The molecule has 0 bridgehead atoms. The summed E-state index contributed by atoms with van der Waals surface area (Å²) in [6, 6.07) is 16.1. The van der Waals surface area contributed by atoms with Crippen LogP contribution in [0, 0.1) is 11.3 Å². The molecule has 0 fully saturated rings. The smallest absolute Gasteiger partial charge is 0.237 e. The molecular formula is C19H17BrN6O2S. The van der Waals surface area contributed by atoms with Crippen molar-refractivity contribution in [3.05, 3.63) is 64.4 Å². The van der Waals surface area contributed by atoms with Crippen LogP contribution in [-0.4, -0.2) is 26.0 Å². The standard InChI is InChI=1S/C19H17BrN6O2S/c1-12(18(27)23-15-7-5-13(10-21)6-8-15)29-19-25-24-17(26(19)22)11-28-16-4-2-3-14(20)9-16/h2-9,12H,11,22H2,1H3,(H,23,27). The first-order valence-corrected chi connectivity index (χ1v) is 10.2. The molecule has 10 heteroatoms. The van der Waals surface area contributed by atoms with Crippen LogP contribution in [-0.2, 0) is 11.4 Å². The summed E-state index contributed by atoms with van der Waals surface area (Å²) in [5, 5.41) is 19.6. The molecule has 1 aromatic heterocycles. The Labute approximate surface area is 180 Å². The molecule has 0 spiro atoms. The van der Waals surface area contributed by atoms with E-state index in [1.165, 1.54) is 16.4 Å². The van der Waals surface area contributed by atoms with Crippen LogP contribution in [0.4, 0.5) is 5.69 Å². The van der Waals surface area contributed by atoms with Crippen LogP contribution in [0.2, 0.25) is 0 Å². The van der Waals surface area contributed by atoms with Gasteiger partial charge in [-0.2, -0.15) is 5.26 Å². The van der Waals surface area contributed by atoms with Gasteiger partial charge < -0.3 is 15.9 Å². The van der Waals surface area contributed by atoms with Crippen LogP contribution >= 0.6 is 27.7 Å². The van der Waals surface area contributed by atoms with E-state index in [0.717, 1.165) is 4.47 Å². The number of hydrogen-bond donors (Lipinski definition) is 2. The van der Waals surface area contributed by atoms with Crippen molar-refractivity contribution >= 4 is 39.3 Å². The number of nitrogen functional groups attached to an aromatic ring is 1. The molecule has 0 aliphatic rings. The number of rotatable bonds is 7. The molecule has 3 N–H and O–H groups in total. The average Bonchev–Trinajstić information content (AvgIpc) is 3.06. The third-order valence-electron chi connectivity index (χ3n) is 3.83. The summed E-state index contributed by atoms with van der Waals surface area (Å²) in [6.45, 7) is 1.89. The van der Waals surface area contributed by atoms with Crippen LogP contribution in [0.3, 0.4) is 0 Å². The van der Waals surface area contributed by atoms with E-state index in [4.69, 9.17) is 15.8 Å². The van der Waals surface area contributed by atoms with Gasteiger partial charge in [-0.15, -0.1) is 10.2 Å². The zero-order valence-electron chi connectivity index (χ0n) is 15.4. The lowest BCUT2D eigenvalue weighted by Crippen LogP contribution is -2.24. The van der Waals surface area contributed by atoms with Gasteiger partial charge in [0.2, 0.25) is 11.1 Å². The Bertz CT molecular complexity index is 1050. The van der Waals surface area contributed by atoms with Gasteiger partial charge in [-0.25, -0.2) is 4.68 Å². The molecule has 0 aliphatic heterocycles. The van der Waals surface area contributed by atoms with Gasteiger partial charge in [0.15, 0.2) is 5.82 Å². The molecule has 0 saturated carbocycles. The molecule has 2 aromatic carbocycles. The molecule has 0 saturated heterocycles. The van der Waals surface area contributed by atoms with Gasteiger partial charge in [0.05, 0.1) is 16.9 Å². The molecule has 29 heavy (non-hydrogen) atoms. The number of hydrogen-bond acceptors (Lipinski definition) is 7. The number of benzene rings is 2. The predicted molar refractivity (Wildman–Crippen MR) is 114 cm³/mol. The number of ether oxygens (including phenoxy) is 1. The van der Waals surface area contributed by atoms with Gasteiger partial charge in [-0.05, 0) is 49.4 Å². The number of anilines is 1. The zero-order chi connectivity index (χ0) is 20.8. The third-order valence-corrected chi connectivity index (χ3v) is 5.38. The second kappa shape index (κ2) is 9.45. The van der Waals surface area contributed by atoms with Crippen molar-refractivity contribution in [3.8, 4) is 11.8 Å². The SMILES string of the molecule is CC(Sc1nnc(COc2cccc(Br)c2)n1N)C(=O)Nc1ccc(C#N)cc1. The second-order valence-corrected chi connectivity index (χ2v) is 8.18. The first-order chi connectivity index (χ1) is 14.0. The minimum atomic E-state index is -0.462. The van der Waals surface area contributed by atoms with Crippen LogP contribution < -0.4 is 15.9 Å². The summed E-state index contributed by atoms with van der Waals surface area (Å²) >= 11 is 4.57. The van der Waals surface area contributed by atoms with Crippen LogP contribution in [0.25, 0.3) is 0 Å². The monoisotopic (exact) mass is 472 g/mol. The van der Waals surface area contributed by atoms with Gasteiger partial charge in [0.1, 0.15) is 12.4 Å². The molecule has 0 radical (unpaired) electrons. The van der Waals surface area contributed by atoms with E-state index >= 15 is 0 Å². The summed E-state index contributed by atoms with van der Waals surface area (Å²) in [4.78, 5) is 12.4. The summed E-state index contributed by atoms with van der Waals surface area (Å²) in [6.07, 6.45) is 0. The molecule has 1 heterocycles. The Morgan fingerprint density at radius 2 is 2.10 bits per heavy atom. The maximum absolute atomic E-state index is 12.4. The lowest BCUT2D eigenvalue weighted by molar-refractivity contribution is -0.115. The van der Waals surface area contributed by atoms with Gasteiger partial charge in [0.25, 0.3) is 0 Å². The van der Waals surface area contributed by atoms with Crippen molar-refractivity contribution in [2.45, 2.75) is 23.9 Å². The van der Waals surface area contributed by atoms with Crippen LogP contribution in [0.15, 0.2) is 58.2 Å². The number of halogens is 1. The number of amides is 1. The van der Waals surface area contributed by atoms with Gasteiger partial charge in [-0.1, -0.05) is 33.8 Å². The van der Waals surface area contributed by atoms with Crippen LogP contribution in [0.1, 0.15) is 18.3 Å². The highest BCUT2D eigenvalue weighted by Gasteiger charge is 2.19. The number of nitrogens with one attached hydrogen (secondary N) is 1. The maximum atomic E-state index is 12.4. The van der Waals surface area contributed by atoms with E-state index in [2.05, 4.69) is 31.4 Å². The molecule has 1 unspecified atom stereocenters. The second-order valence-electron chi connectivity index (χ2n) is 5.95. The largest absolute Gasteiger partial charge is 0.485 e. The van der Waals surface area contributed by atoms with Crippen molar-refractivity contribution in [2.75, 3.05) is 11.2 Å². The topological polar surface area (TPSA) is 119 Å². The highest BCUT2D eigenvalue weighted by molar-refractivity contribution is 9.10. The van der Waals surface area contributed by atoms with E-state index in [-0.39, 0.29) is 12.5 Å². The van der Waals surface area contributed by atoms with Gasteiger partial charge >= 0.3 is 0 Å². The Morgan fingerprint density at radius 3 is 2.79 bits per heavy atom.